The van der Waals surface area contributed by atoms with Crippen LogP contribution in [-0.4, -0.2) is 41.9 Å². The van der Waals surface area contributed by atoms with E-state index in [-0.39, 0.29) is 18.8 Å². The first-order valence-electron chi connectivity index (χ1n) is 6.52. The standard InChI is InChI=1S/C13H17ClN4O4/c1-3-15-13(20)16-12(19)8-17(2)7-9-6-10(18(21)22)4-5-11(9)14/h4-6H,3,7-8H2,1-2H3,(H2,15,16,19,20). The summed E-state index contributed by atoms with van der Waals surface area (Å²) in [6, 6.07) is 3.56. The zero-order valence-corrected chi connectivity index (χ0v) is 13.0. The van der Waals surface area contributed by atoms with Crippen LogP contribution in [0, 0.1) is 10.1 Å². The quantitative estimate of drug-likeness (QED) is 0.608. The van der Waals surface area contributed by atoms with E-state index in [9.17, 15) is 19.7 Å². The van der Waals surface area contributed by atoms with E-state index in [2.05, 4.69) is 10.6 Å². The molecule has 0 spiro atoms. The van der Waals surface area contributed by atoms with Crippen molar-refractivity contribution in [3.63, 3.8) is 0 Å². The summed E-state index contributed by atoms with van der Waals surface area (Å²) in [5.41, 5.74) is 0.462. The van der Waals surface area contributed by atoms with Crippen molar-refractivity contribution in [3.8, 4) is 0 Å². The van der Waals surface area contributed by atoms with Crippen molar-refractivity contribution in [3.05, 3.63) is 38.9 Å². The lowest BCUT2D eigenvalue weighted by Crippen LogP contribution is -2.43. The average molecular weight is 329 g/mol. The highest BCUT2D eigenvalue weighted by molar-refractivity contribution is 6.31. The molecule has 0 aromatic heterocycles. The highest BCUT2D eigenvalue weighted by Crippen LogP contribution is 2.22. The number of imide groups is 1. The molecule has 120 valence electrons. The Labute approximate surface area is 132 Å². The van der Waals surface area contributed by atoms with Crippen molar-refractivity contribution in [1.82, 2.24) is 15.5 Å². The van der Waals surface area contributed by atoms with Crippen molar-refractivity contribution < 1.29 is 14.5 Å². The number of amides is 3. The first-order valence-corrected chi connectivity index (χ1v) is 6.90. The summed E-state index contributed by atoms with van der Waals surface area (Å²) in [6.07, 6.45) is 0. The minimum atomic E-state index is -0.561. The van der Waals surface area contributed by atoms with Crippen LogP contribution in [0.1, 0.15) is 12.5 Å². The van der Waals surface area contributed by atoms with Gasteiger partial charge in [-0.3, -0.25) is 25.1 Å². The molecule has 2 N–H and O–H groups in total. The molecule has 1 aromatic rings. The third-order valence-corrected chi connectivity index (χ3v) is 3.05. The average Bonchev–Trinajstić information content (AvgIpc) is 2.40. The Bertz CT molecular complexity index is 579. The van der Waals surface area contributed by atoms with E-state index in [0.29, 0.717) is 17.1 Å². The molecule has 8 nitrogen and oxygen atoms in total. The van der Waals surface area contributed by atoms with Gasteiger partial charge in [-0.15, -0.1) is 0 Å². The highest BCUT2D eigenvalue weighted by atomic mass is 35.5. The zero-order valence-electron chi connectivity index (χ0n) is 12.3. The highest BCUT2D eigenvalue weighted by Gasteiger charge is 2.14. The molecule has 22 heavy (non-hydrogen) atoms. The van der Waals surface area contributed by atoms with Gasteiger partial charge in [0.1, 0.15) is 0 Å². The van der Waals surface area contributed by atoms with Crippen LogP contribution in [-0.2, 0) is 11.3 Å². The number of hydrogen-bond donors (Lipinski definition) is 2. The summed E-state index contributed by atoms with van der Waals surface area (Å²) in [5, 5.41) is 15.7. The predicted molar refractivity (Wildman–Crippen MR) is 81.7 cm³/mol. The largest absolute Gasteiger partial charge is 0.338 e. The first kappa shape index (κ1) is 17.9. The molecule has 0 atom stereocenters. The number of likely N-dealkylation sites (N-methyl/N-ethyl adjacent to an activating group) is 1. The van der Waals surface area contributed by atoms with E-state index in [1.807, 2.05) is 0 Å². The van der Waals surface area contributed by atoms with E-state index in [1.54, 1.807) is 18.9 Å². The van der Waals surface area contributed by atoms with Crippen molar-refractivity contribution in [1.29, 1.82) is 0 Å². The fourth-order valence-electron chi connectivity index (χ4n) is 1.76. The minimum absolute atomic E-state index is 0.0455. The lowest BCUT2D eigenvalue weighted by Gasteiger charge is -2.16. The summed E-state index contributed by atoms with van der Waals surface area (Å²) in [4.78, 5) is 34.7. The normalized spacial score (nSPS) is 10.4. The fourth-order valence-corrected chi connectivity index (χ4v) is 1.94. The number of nitrogens with zero attached hydrogens (tertiary/aromatic N) is 2. The molecule has 0 saturated carbocycles. The molecule has 3 amide bonds. The topological polar surface area (TPSA) is 105 Å². The smallest absolute Gasteiger partial charge is 0.321 e. The number of nitro groups is 1. The van der Waals surface area contributed by atoms with Crippen molar-refractivity contribution in [2.75, 3.05) is 20.1 Å². The summed E-state index contributed by atoms with van der Waals surface area (Å²) < 4.78 is 0. The molecule has 1 aromatic carbocycles. The Kier molecular flexibility index (Phi) is 6.74. The molecule has 0 fully saturated rings. The number of benzene rings is 1. The van der Waals surface area contributed by atoms with Crippen LogP contribution >= 0.6 is 11.6 Å². The number of nitro benzene ring substituents is 1. The number of halogens is 1. The molecule has 0 heterocycles. The second kappa shape index (κ2) is 8.30. The van der Waals surface area contributed by atoms with E-state index >= 15 is 0 Å². The predicted octanol–water partition coefficient (Wildman–Crippen LogP) is 1.53. The SMILES string of the molecule is CCNC(=O)NC(=O)CN(C)Cc1cc([N+](=O)[O-])ccc1Cl. The molecule has 0 unspecified atom stereocenters. The van der Waals surface area contributed by atoms with Gasteiger partial charge in [-0.25, -0.2) is 4.79 Å². The van der Waals surface area contributed by atoms with E-state index < -0.39 is 16.9 Å². The number of carbonyl (C=O) groups excluding carboxylic acids is 2. The van der Waals surface area contributed by atoms with Gasteiger partial charge < -0.3 is 5.32 Å². The van der Waals surface area contributed by atoms with Crippen LogP contribution in [0.15, 0.2) is 18.2 Å². The lowest BCUT2D eigenvalue weighted by molar-refractivity contribution is -0.384. The van der Waals surface area contributed by atoms with E-state index in [0.717, 1.165) is 0 Å². The molecule has 0 saturated heterocycles. The van der Waals surface area contributed by atoms with Gasteiger partial charge in [0, 0.05) is 30.2 Å². The Balaban J connectivity index is 2.63. The maximum Gasteiger partial charge on any atom is 0.321 e. The Morgan fingerprint density at radius 1 is 1.41 bits per heavy atom. The third kappa shape index (κ3) is 5.66. The van der Waals surface area contributed by atoms with Crippen LogP contribution in [0.3, 0.4) is 0 Å². The zero-order chi connectivity index (χ0) is 16.7. The number of rotatable bonds is 6. The van der Waals surface area contributed by atoms with Gasteiger partial charge in [0.05, 0.1) is 11.5 Å². The molecule has 0 bridgehead atoms. The van der Waals surface area contributed by atoms with Crippen LogP contribution in [0.2, 0.25) is 5.02 Å². The van der Waals surface area contributed by atoms with Gasteiger partial charge in [-0.1, -0.05) is 11.6 Å². The molecule has 0 aliphatic carbocycles. The van der Waals surface area contributed by atoms with E-state index in [4.69, 9.17) is 11.6 Å². The molecular formula is C13H17ClN4O4. The van der Waals surface area contributed by atoms with E-state index in [1.165, 1.54) is 18.2 Å². The van der Waals surface area contributed by atoms with Crippen molar-refractivity contribution in [2.45, 2.75) is 13.5 Å². The van der Waals surface area contributed by atoms with Crippen LogP contribution in [0.4, 0.5) is 10.5 Å². The summed E-state index contributed by atoms with van der Waals surface area (Å²) in [7, 11) is 1.65. The molecule has 0 aliphatic heterocycles. The second-order valence-electron chi connectivity index (χ2n) is 4.61. The number of carbonyl (C=O) groups is 2. The van der Waals surface area contributed by atoms with Gasteiger partial charge in [0.2, 0.25) is 5.91 Å². The van der Waals surface area contributed by atoms with Gasteiger partial charge >= 0.3 is 6.03 Å². The van der Waals surface area contributed by atoms with Crippen LogP contribution in [0.5, 0.6) is 0 Å². The Hall–Kier alpha value is -2.19. The number of non-ortho nitro benzene ring substituents is 1. The minimum Gasteiger partial charge on any atom is -0.338 e. The van der Waals surface area contributed by atoms with Gasteiger partial charge in [0.25, 0.3) is 5.69 Å². The fraction of sp³-hybridized carbons (Fsp3) is 0.385. The second-order valence-corrected chi connectivity index (χ2v) is 5.02. The number of nitrogens with one attached hydrogen (secondary N) is 2. The van der Waals surface area contributed by atoms with Gasteiger partial charge in [-0.05, 0) is 25.6 Å². The maximum atomic E-state index is 11.6. The van der Waals surface area contributed by atoms with Gasteiger partial charge in [-0.2, -0.15) is 0 Å². The van der Waals surface area contributed by atoms with Crippen molar-refractivity contribution in [2.24, 2.45) is 0 Å². The maximum absolute atomic E-state index is 11.6. The molecule has 9 heteroatoms. The summed E-state index contributed by atoms with van der Waals surface area (Å²) in [6.45, 7) is 2.35. The Morgan fingerprint density at radius 3 is 2.68 bits per heavy atom. The molecule has 0 aliphatic rings. The molecule has 0 radical (unpaired) electrons. The number of urea groups is 1. The van der Waals surface area contributed by atoms with Crippen LogP contribution in [0.25, 0.3) is 0 Å². The molecule has 1 rings (SSSR count). The summed E-state index contributed by atoms with van der Waals surface area (Å²) in [5.74, 6) is -0.477. The molecular weight excluding hydrogens is 312 g/mol. The third-order valence-electron chi connectivity index (χ3n) is 2.68. The Morgan fingerprint density at radius 2 is 2.09 bits per heavy atom. The van der Waals surface area contributed by atoms with Crippen LogP contribution < -0.4 is 10.6 Å². The lowest BCUT2D eigenvalue weighted by atomic mass is 10.2. The van der Waals surface area contributed by atoms with Crippen molar-refractivity contribution >= 4 is 29.2 Å². The van der Waals surface area contributed by atoms with Gasteiger partial charge in [0.15, 0.2) is 0 Å². The monoisotopic (exact) mass is 328 g/mol. The first-order chi connectivity index (χ1) is 10.3. The number of hydrogen-bond acceptors (Lipinski definition) is 5. The summed E-state index contributed by atoms with van der Waals surface area (Å²) >= 11 is 5.99.